The second-order valence-electron chi connectivity index (χ2n) is 3.35. The van der Waals surface area contributed by atoms with Crippen molar-refractivity contribution in [2.45, 2.75) is 27.2 Å². The number of carbonyl (C=O) groups is 1. The lowest BCUT2D eigenvalue weighted by Gasteiger charge is -2.14. The van der Waals surface area contributed by atoms with Crippen LogP contribution in [0.5, 0.6) is 0 Å². The molecule has 0 rings (SSSR count). The monoisotopic (exact) mass is 127 g/mol. The molecular formula is C7H13NO. The maximum Gasteiger partial charge on any atom is 0.173 e. The molecular weight excluding hydrogens is 114 g/mol. The molecule has 0 aromatic carbocycles. The van der Waals surface area contributed by atoms with Gasteiger partial charge in [-0.1, -0.05) is 20.8 Å². The molecule has 0 amide bonds. The van der Waals surface area contributed by atoms with Gasteiger partial charge in [0.05, 0.1) is 6.21 Å². The lowest BCUT2D eigenvalue weighted by Crippen LogP contribution is -2.12. The summed E-state index contributed by atoms with van der Waals surface area (Å²) in [6, 6.07) is 0. The van der Waals surface area contributed by atoms with Crippen molar-refractivity contribution in [1.29, 1.82) is 5.41 Å². The molecule has 52 valence electrons. The average molecular weight is 127 g/mol. The Morgan fingerprint density at radius 3 is 2.11 bits per heavy atom. The maximum atomic E-state index is 10.6. The molecule has 9 heavy (non-hydrogen) atoms. The molecule has 0 unspecified atom stereocenters. The Morgan fingerprint density at radius 1 is 1.56 bits per heavy atom. The molecule has 0 aliphatic carbocycles. The van der Waals surface area contributed by atoms with E-state index in [0.717, 1.165) is 6.21 Å². The molecule has 0 atom stereocenters. The van der Waals surface area contributed by atoms with Gasteiger partial charge < -0.3 is 5.41 Å². The van der Waals surface area contributed by atoms with Gasteiger partial charge in [0.1, 0.15) is 0 Å². The summed E-state index contributed by atoms with van der Waals surface area (Å²) in [6.45, 7) is 5.94. The van der Waals surface area contributed by atoms with Crippen LogP contribution in [0.2, 0.25) is 0 Å². The third-order valence-corrected chi connectivity index (χ3v) is 0.866. The summed E-state index contributed by atoms with van der Waals surface area (Å²) in [5.41, 5.74) is 0.0225. The number of hydrogen-bond donors (Lipinski definition) is 1. The maximum absolute atomic E-state index is 10.6. The van der Waals surface area contributed by atoms with Gasteiger partial charge in [-0.25, -0.2) is 0 Å². The van der Waals surface area contributed by atoms with Crippen LogP contribution in [0.25, 0.3) is 0 Å². The third kappa shape index (κ3) is 5.21. The van der Waals surface area contributed by atoms with Crippen LogP contribution in [0.15, 0.2) is 0 Å². The fourth-order valence-electron chi connectivity index (χ4n) is 0.574. The van der Waals surface area contributed by atoms with Gasteiger partial charge in [-0.05, 0) is 5.41 Å². The molecule has 0 saturated heterocycles. The second-order valence-corrected chi connectivity index (χ2v) is 3.35. The molecule has 0 radical (unpaired) electrons. The average Bonchev–Trinajstić information content (AvgIpc) is 1.62. The SMILES string of the molecule is CC(C)(C)CC(=O)C=N. The van der Waals surface area contributed by atoms with E-state index in [0.29, 0.717) is 6.42 Å². The van der Waals surface area contributed by atoms with Crippen molar-refractivity contribution in [2.75, 3.05) is 0 Å². The number of hydrogen-bond acceptors (Lipinski definition) is 2. The fourth-order valence-corrected chi connectivity index (χ4v) is 0.574. The van der Waals surface area contributed by atoms with E-state index in [9.17, 15) is 4.79 Å². The summed E-state index contributed by atoms with van der Waals surface area (Å²) >= 11 is 0. The van der Waals surface area contributed by atoms with E-state index in [1.807, 2.05) is 20.8 Å². The number of Topliss-reactive ketones (excluding diaryl/α,β-unsaturated/α-hetero) is 1. The Morgan fingerprint density at radius 2 is 2.00 bits per heavy atom. The van der Waals surface area contributed by atoms with Gasteiger partial charge in [0.2, 0.25) is 0 Å². The van der Waals surface area contributed by atoms with Gasteiger partial charge in [0.25, 0.3) is 0 Å². The van der Waals surface area contributed by atoms with Crippen LogP contribution >= 0.6 is 0 Å². The molecule has 1 N–H and O–H groups in total. The molecule has 0 aromatic rings. The summed E-state index contributed by atoms with van der Waals surface area (Å²) in [5.74, 6) is -0.0949. The summed E-state index contributed by atoms with van der Waals surface area (Å²) < 4.78 is 0. The zero-order valence-electron chi connectivity index (χ0n) is 6.19. The first kappa shape index (κ1) is 8.34. The van der Waals surface area contributed by atoms with Gasteiger partial charge in [-0.3, -0.25) is 4.79 Å². The standard InChI is InChI=1S/C7H13NO/c1-7(2,3)4-6(9)5-8/h5,8H,4H2,1-3H3. The zero-order chi connectivity index (χ0) is 7.49. The van der Waals surface area contributed by atoms with Crippen LogP contribution in [0.4, 0.5) is 0 Å². The van der Waals surface area contributed by atoms with E-state index in [1.165, 1.54) is 0 Å². The second kappa shape index (κ2) is 2.76. The number of ketones is 1. The van der Waals surface area contributed by atoms with Crippen molar-refractivity contribution in [2.24, 2.45) is 5.41 Å². The summed E-state index contributed by atoms with van der Waals surface area (Å²) in [4.78, 5) is 10.6. The van der Waals surface area contributed by atoms with Gasteiger partial charge in [0.15, 0.2) is 5.78 Å². The molecule has 0 spiro atoms. The van der Waals surface area contributed by atoms with E-state index in [1.54, 1.807) is 0 Å². The van der Waals surface area contributed by atoms with E-state index in [-0.39, 0.29) is 11.2 Å². The van der Waals surface area contributed by atoms with E-state index in [2.05, 4.69) is 0 Å². The van der Waals surface area contributed by atoms with Crippen molar-refractivity contribution in [3.05, 3.63) is 0 Å². The highest BCUT2D eigenvalue weighted by atomic mass is 16.1. The smallest absolute Gasteiger partial charge is 0.173 e. The van der Waals surface area contributed by atoms with Crippen LogP contribution in [0.1, 0.15) is 27.2 Å². The minimum atomic E-state index is -0.0949. The molecule has 0 aliphatic heterocycles. The van der Waals surface area contributed by atoms with Gasteiger partial charge >= 0.3 is 0 Å². The Hall–Kier alpha value is -0.660. The molecule has 0 saturated carbocycles. The quantitative estimate of drug-likeness (QED) is 0.563. The van der Waals surface area contributed by atoms with Crippen molar-refractivity contribution in [1.82, 2.24) is 0 Å². The molecule has 0 aliphatic rings. The third-order valence-electron chi connectivity index (χ3n) is 0.866. The van der Waals surface area contributed by atoms with E-state index < -0.39 is 0 Å². The number of rotatable bonds is 2. The van der Waals surface area contributed by atoms with Crippen molar-refractivity contribution in [3.63, 3.8) is 0 Å². The van der Waals surface area contributed by atoms with Crippen LogP contribution < -0.4 is 0 Å². The topological polar surface area (TPSA) is 40.9 Å². The van der Waals surface area contributed by atoms with Gasteiger partial charge in [-0.15, -0.1) is 0 Å². The zero-order valence-corrected chi connectivity index (χ0v) is 6.19. The first-order valence-corrected chi connectivity index (χ1v) is 2.99. The summed E-state index contributed by atoms with van der Waals surface area (Å²) in [7, 11) is 0. The fraction of sp³-hybridized carbons (Fsp3) is 0.714. The van der Waals surface area contributed by atoms with Crippen molar-refractivity contribution < 1.29 is 4.79 Å². The highest BCUT2D eigenvalue weighted by molar-refractivity contribution is 6.26. The molecule has 2 heteroatoms. The highest BCUT2D eigenvalue weighted by Gasteiger charge is 2.13. The van der Waals surface area contributed by atoms with Crippen molar-refractivity contribution >= 4 is 12.0 Å². The Bertz CT molecular complexity index is 121. The minimum Gasteiger partial charge on any atom is -0.305 e. The lowest BCUT2D eigenvalue weighted by molar-refractivity contribution is -0.114. The van der Waals surface area contributed by atoms with E-state index >= 15 is 0 Å². The van der Waals surface area contributed by atoms with Crippen LogP contribution in [-0.2, 0) is 4.79 Å². The number of nitrogens with one attached hydrogen (secondary N) is 1. The van der Waals surface area contributed by atoms with Crippen molar-refractivity contribution in [3.8, 4) is 0 Å². The predicted molar refractivity (Wildman–Crippen MR) is 37.9 cm³/mol. The van der Waals surface area contributed by atoms with Crippen LogP contribution in [0, 0.1) is 10.8 Å². The highest BCUT2D eigenvalue weighted by Crippen LogP contribution is 2.17. The van der Waals surface area contributed by atoms with Crippen LogP contribution in [0.3, 0.4) is 0 Å². The Balaban J connectivity index is 3.74. The van der Waals surface area contributed by atoms with Crippen LogP contribution in [-0.4, -0.2) is 12.0 Å². The first-order valence-electron chi connectivity index (χ1n) is 2.99. The first-order chi connectivity index (χ1) is 3.95. The Labute approximate surface area is 55.8 Å². The van der Waals surface area contributed by atoms with E-state index in [4.69, 9.17) is 5.41 Å². The minimum absolute atomic E-state index is 0.0225. The molecule has 0 aromatic heterocycles. The number of carbonyl (C=O) groups excluding carboxylic acids is 1. The largest absolute Gasteiger partial charge is 0.305 e. The normalized spacial score (nSPS) is 11.0. The molecule has 2 nitrogen and oxygen atoms in total. The summed E-state index contributed by atoms with van der Waals surface area (Å²) in [6.07, 6.45) is 1.35. The van der Waals surface area contributed by atoms with Gasteiger partial charge in [0, 0.05) is 6.42 Å². The predicted octanol–water partition coefficient (Wildman–Crippen LogP) is 1.64. The van der Waals surface area contributed by atoms with Gasteiger partial charge in [-0.2, -0.15) is 0 Å². The Kier molecular flexibility index (Phi) is 2.56. The molecule has 0 heterocycles. The molecule has 0 fully saturated rings. The lowest BCUT2D eigenvalue weighted by atomic mass is 9.90. The summed E-state index contributed by atoms with van der Waals surface area (Å²) in [5, 5.41) is 6.61. The molecule has 0 bridgehead atoms.